The third-order valence-corrected chi connectivity index (χ3v) is 7.23. The van der Waals surface area contributed by atoms with Crippen LogP contribution in [-0.2, 0) is 16.4 Å². The van der Waals surface area contributed by atoms with Gasteiger partial charge in [-0.1, -0.05) is 6.07 Å². The van der Waals surface area contributed by atoms with Crippen LogP contribution in [0.2, 0.25) is 0 Å². The van der Waals surface area contributed by atoms with Gasteiger partial charge in [0, 0.05) is 48.8 Å². The third-order valence-electron chi connectivity index (χ3n) is 5.26. The number of ether oxygens (including phenoxy) is 1. The molecule has 0 aliphatic carbocycles. The van der Waals surface area contributed by atoms with E-state index in [-0.39, 0.29) is 29.9 Å². The van der Waals surface area contributed by atoms with E-state index in [9.17, 15) is 22.0 Å². The highest BCUT2D eigenvalue weighted by Crippen LogP contribution is 2.27. The van der Waals surface area contributed by atoms with Crippen LogP contribution in [0, 0.1) is 15.2 Å². The number of carbonyl (C=O) groups is 1. The molecule has 7 nitrogen and oxygen atoms in total. The SMILES string of the molecule is CS(=O)(=O)N1CCN(CCOc2cc(F)cc(Cc3ccc(I)cc3F)c2C(N)=O)CC1. The summed E-state index contributed by atoms with van der Waals surface area (Å²) in [6.45, 7) is 2.47. The van der Waals surface area contributed by atoms with Crippen molar-refractivity contribution in [2.24, 2.45) is 5.73 Å². The summed E-state index contributed by atoms with van der Waals surface area (Å²) >= 11 is 1.99. The minimum Gasteiger partial charge on any atom is -0.491 e. The lowest BCUT2D eigenvalue weighted by Gasteiger charge is -2.33. The van der Waals surface area contributed by atoms with Gasteiger partial charge in [0.15, 0.2) is 0 Å². The molecular formula is C21H24F2IN3O4S. The smallest absolute Gasteiger partial charge is 0.252 e. The molecule has 1 saturated heterocycles. The second-order valence-corrected chi connectivity index (χ2v) is 10.8. The van der Waals surface area contributed by atoms with Gasteiger partial charge in [-0.3, -0.25) is 9.69 Å². The number of halogens is 3. The summed E-state index contributed by atoms with van der Waals surface area (Å²) in [5, 5.41) is 0. The quantitative estimate of drug-likeness (QED) is 0.485. The summed E-state index contributed by atoms with van der Waals surface area (Å²) in [4.78, 5) is 14.2. The molecule has 11 heteroatoms. The number of hydrogen-bond donors (Lipinski definition) is 1. The van der Waals surface area contributed by atoms with E-state index >= 15 is 0 Å². The Bertz CT molecular complexity index is 1110. The van der Waals surface area contributed by atoms with Crippen LogP contribution in [0.4, 0.5) is 8.78 Å². The maximum atomic E-state index is 14.3. The molecule has 1 amide bonds. The van der Waals surface area contributed by atoms with E-state index in [0.717, 1.165) is 15.7 Å². The number of nitrogens with two attached hydrogens (primary N) is 1. The molecular weight excluding hydrogens is 555 g/mol. The highest BCUT2D eigenvalue weighted by molar-refractivity contribution is 14.1. The van der Waals surface area contributed by atoms with E-state index < -0.39 is 27.6 Å². The zero-order valence-corrected chi connectivity index (χ0v) is 20.5. The van der Waals surface area contributed by atoms with Gasteiger partial charge in [-0.25, -0.2) is 17.2 Å². The first-order chi connectivity index (χ1) is 15.0. The van der Waals surface area contributed by atoms with Gasteiger partial charge in [0.2, 0.25) is 10.0 Å². The number of amides is 1. The third kappa shape index (κ3) is 6.36. The van der Waals surface area contributed by atoms with Crippen LogP contribution in [0.15, 0.2) is 30.3 Å². The number of piperazine rings is 1. The topological polar surface area (TPSA) is 92.9 Å². The lowest BCUT2D eigenvalue weighted by Crippen LogP contribution is -2.49. The van der Waals surface area contributed by atoms with Gasteiger partial charge >= 0.3 is 0 Å². The molecule has 1 aliphatic rings. The van der Waals surface area contributed by atoms with Crippen molar-refractivity contribution >= 4 is 38.5 Å². The molecule has 3 rings (SSSR count). The maximum Gasteiger partial charge on any atom is 0.252 e. The Morgan fingerprint density at radius 1 is 1.12 bits per heavy atom. The summed E-state index contributed by atoms with van der Waals surface area (Å²) in [5.41, 5.74) is 6.12. The summed E-state index contributed by atoms with van der Waals surface area (Å²) in [6, 6.07) is 6.93. The van der Waals surface area contributed by atoms with E-state index in [2.05, 4.69) is 0 Å². The number of nitrogens with zero attached hydrogens (tertiary/aromatic N) is 2. The Morgan fingerprint density at radius 3 is 2.41 bits per heavy atom. The maximum absolute atomic E-state index is 14.3. The van der Waals surface area contributed by atoms with Crippen molar-refractivity contribution in [3.63, 3.8) is 0 Å². The lowest BCUT2D eigenvalue weighted by molar-refractivity contribution is 0.0994. The van der Waals surface area contributed by atoms with E-state index in [0.29, 0.717) is 38.3 Å². The van der Waals surface area contributed by atoms with Gasteiger partial charge < -0.3 is 10.5 Å². The van der Waals surface area contributed by atoms with Crippen LogP contribution in [0.25, 0.3) is 0 Å². The molecule has 0 unspecified atom stereocenters. The molecule has 174 valence electrons. The molecule has 0 bridgehead atoms. The molecule has 0 saturated carbocycles. The molecule has 32 heavy (non-hydrogen) atoms. The second-order valence-electron chi connectivity index (χ2n) is 7.57. The molecule has 1 fully saturated rings. The average molecular weight is 579 g/mol. The fourth-order valence-electron chi connectivity index (χ4n) is 3.61. The van der Waals surface area contributed by atoms with Gasteiger partial charge in [-0.2, -0.15) is 4.31 Å². The standard InChI is InChI=1S/C21H24F2IN3O4S/c1-32(29,30)27-6-4-26(5-7-27)8-9-31-19-12-16(22)11-15(20(19)21(25)28)10-14-2-3-17(24)13-18(14)23/h2-3,11-13H,4-10H2,1H3,(H2,25,28). The van der Waals surface area contributed by atoms with Crippen molar-refractivity contribution < 1.29 is 26.7 Å². The highest BCUT2D eigenvalue weighted by Gasteiger charge is 2.24. The lowest BCUT2D eigenvalue weighted by atomic mass is 9.98. The minimum atomic E-state index is -3.21. The van der Waals surface area contributed by atoms with Gasteiger partial charge in [-0.05, 0) is 51.9 Å². The number of primary amides is 1. The Kier molecular flexibility index (Phi) is 8.06. The van der Waals surface area contributed by atoms with Crippen LogP contribution >= 0.6 is 22.6 Å². The highest BCUT2D eigenvalue weighted by atomic mass is 127. The molecule has 2 aromatic rings. The molecule has 2 N–H and O–H groups in total. The second kappa shape index (κ2) is 10.4. The zero-order chi connectivity index (χ0) is 23.5. The van der Waals surface area contributed by atoms with Crippen LogP contribution in [0.1, 0.15) is 21.5 Å². The molecule has 0 spiro atoms. The van der Waals surface area contributed by atoms with Crippen molar-refractivity contribution in [1.29, 1.82) is 0 Å². The normalized spacial score (nSPS) is 15.6. The van der Waals surface area contributed by atoms with E-state index in [1.807, 2.05) is 27.5 Å². The van der Waals surface area contributed by atoms with Crippen LogP contribution < -0.4 is 10.5 Å². The largest absolute Gasteiger partial charge is 0.491 e. The van der Waals surface area contributed by atoms with Crippen molar-refractivity contribution in [2.45, 2.75) is 6.42 Å². The minimum absolute atomic E-state index is 0.00758. The number of carbonyl (C=O) groups excluding carboxylic acids is 1. The average Bonchev–Trinajstić information content (AvgIpc) is 2.69. The number of hydrogen-bond acceptors (Lipinski definition) is 5. The summed E-state index contributed by atoms with van der Waals surface area (Å²) in [7, 11) is -3.21. The Labute approximate surface area is 199 Å². The predicted molar refractivity (Wildman–Crippen MR) is 125 cm³/mol. The molecule has 2 aromatic carbocycles. The van der Waals surface area contributed by atoms with Gasteiger partial charge in [-0.15, -0.1) is 0 Å². The molecule has 0 aromatic heterocycles. The Balaban J connectivity index is 1.71. The molecule has 0 atom stereocenters. The van der Waals surface area contributed by atoms with Crippen molar-refractivity contribution in [2.75, 3.05) is 45.6 Å². The van der Waals surface area contributed by atoms with Crippen LogP contribution in [0.5, 0.6) is 5.75 Å². The summed E-state index contributed by atoms with van der Waals surface area (Å²) in [6.07, 6.45) is 1.17. The van der Waals surface area contributed by atoms with Crippen LogP contribution in [0.3, 0.4) is 0 Å². The first-order valence-corrected chi connectivity index (χ1v) is 12.8. The monoisotopic (exact) mass is 579 g/mol. The van der Waals surface area contributed by atoms with Crippen molar-refractivity contribution in [1.82, 2.24) is 9.21 Å². The van der Waals surface area contributed by atoms with Gasteiger partial charge in [0.1, 0.15) is 24.0 Å². The van der Waals surface area contributed by atoms with Crippen molar-refractivity contribution in [3.05, 3.63) is 62.2 Å². The predicted octanol–water partition coefficient (Wildman–Crippen LogP) is 2.22. The molecule has 0 radical (unpaired) electrons. The number of sulfonamides is 1. The Morgan fingerprint density at radius 2 is 1.81 bits per heavy atom. The van der Waals surface area contributed by atoms with Gasteiger partial charge in [0.05, 0.1) is 11.8 Å². The fourth-order valence-corrected chi connectivity index (χ4v) is 4.89. The molecule has 1 aliphatic heterocycles. The van der Waals surface area contributed by atoms with E-state index in [4.69, 9.17) is 10.5 Å². The number of rotatable bonds is 8. The van der Waals surface area contributed by atoms with Crippen molar-refractivity contribution in [3.8, 4) is 5.75 Å². The zero-order valence-electron chi connectivity index (χ0n) is 17.5. The summed E-state index contributed by atoms with van der Waals surface area (Å²) in [5.74, 6) is -1.85. The Hall–Kier alpha value is -1.83. The first kappa shape index (κ1) is 24.8. The number of benzene rings is 2. The first-order valence-electron chi connectivity index (χ1n) is 9.91. The van der Waals surface area contributed by atoms with E-state index in [1.165, 1.54) is 16.6 Å². The van der Waals surface area contributed by atoms with E-state index in [1.54, 1.807) is 12.1 Å². The summed E-state index contributed by atoms with van der Waals surface area (Å²) < 4.78 is 59.6. The van der Waals surface area contributed by atoms with Crippen LogP contribution in [-0.4, -0.2) is 69.1 Å². The molecule has 1 heterocycles. The van der Waals surface area contributed by atoms with Gasteiger partial charge in [0.25, 0.3) is 5.91 Å². The fraction of sp³-hybridized carbons (Fsp3) is 0.381.